The summed E-state index contributed by atoms with van der Waals surface area (Å²) >= 11 is 0. The van der Waals surface area contributed by atoms with E-state index in [9.17, 15) is 9.59 Å². The lowest BCUT2D eigenvalue weighted by Gasteiger charge is -2.31. The molecule has 5 nitrogen and oxygen atoms in total. The van der Waals surface area contributed by atoms with E-state index in [-0.39, 0.29) is 17.7 Å². The number of amides is 2. The first-order chi connectivity index (χ1) is 12.1. The molecule has 0 unspecified atom stereocenters. The highest BCUT2D eigenvalue weighted by molar-refractivity contribution is 5.92. The normalized spacial score (nSPS) is 19.7. The number of hydrogen-bond acceptors (Lipinski definition) is 3. The van der Waals surface area contributed by atoms with Crippen molar-refractivity contribution in [1.29, 1.82) is 0 Å². The number of nitrogens with zero attached hydrogens (tertiary/aromatic N) is 1. The Morgan fingerprint density at radius 1 is 1.04 bits per heavy atom. The van der Waals surface area contributed by atoms with E-state index < -0.39 is 0 Å². The molecule has 0 spiro atoms. The number of hydrogen-bond donors (Lipinski definition) is 2. The van der Waals surface area contributed by atoms with E-state index in [1.54, 1.807) is 0 Å². The van der Waals surface area contributed by atoms with Gasteiger partial charge >= 0.3 is 0 Å². The second kappa shape index (κ2) is 8.48. The molecule has 25 heavy (non-hydrogen) atoms. The van der Waals surface area contributed by atoms with Gasteiger partial charge in [-0.15, -0.1) is 0 Å². The van der Waals surface area contributed by atoms with Gasteiger partial charge in [-0.3, -0.25) is 14.5 Å². The summed E-state index contributed by atoms with van der Waals surface area (Å²) in [5.41, 5.74) is 2.01. The number of aryl methyl sites for hydroxylation is 1. The summed E-state index contributed by atoms with van der Waals surface area (Å²) in [7, 11) is 0. The first-order valence-electron chi connectivity index (χ1n) is 9.49. The van der Waals surface area contributed by atoms with Crippen LogP contribution in [0.5, 0.6) is 0 Å². The summed E-state index contributed by atoms with van der Waals surface area (Å²) in [5, 5.41) is 6.14. The van der Waals surface area contributed by atoms with Crippen molar-refractivity contribution in [3.63, 3.8) is 0 Å². The van der Waals surface area contributed by atoms with Gasteiger partial charge in [-0.05, 0) is 57.8 Å². The summed E-state index contributed by atoms with van der Waals surface area (Å²) in [5.74, 6) is 0.338. The van der Waals surface area contributed by atoms with Crippen molar-refractivity contribution in [2.75, 3.05) is 25.0 Å². The zero-order valence-corrected chi connectivity index (χ0v) is 15.1. The number of anilines is 1. The van der Waals surface area contributed by atoms with Crippen molar-refractivity contribution in [2.45, 2.75) is 51.5 Å². The Labute approximate surface area is 150 Å². The number of piperidine rings is 1. The van der Waals surface area contributed by atoms with E-state index in [1.165, 1.54) is 18.4 Å². The Balaban J connectivity index is 1.38. The second-order valence-corrected chi connectivity index (χ2v) is 7.45. The molecule has 0 radical (unpaired) electrons. The maximum atomic E-state index is 12.3. The summed E-state index contributed by atoms with van der Waals surface area (Å²) in [4.78, 5) is 26.7. The largest absolute Gasteiger partial charge is 0.353 e. The van der Waals surface area contributed by atoms with Gasteiger partial charge in [0.05, 0.1) is 6.54 Å². The Morgan fingerprint density at radius 2 is 1.68 bits per heavy atom. The summed E-state index contributed by atoms with van der Waals surface area (Å²) in [6.07, 6.45) is 6.42. The zero-order chi connectivity index (χ0) is 17.6. The molecule has 1 aromatic rings. The number of carbonyl (C=O) groups excluding carboxylic acids is 2. The molecule has 1 heterocycles. The van der Waals surface area contributed by atoms with Crippen LogP contribution >= 0.6 is 0 Å². The first-order valence-corrected chi connectivity index (χ1v) is 9.49. The lowest BCUT2D eigenvalue weighted by Crippen LogP contribution is -2.44. The third kappa shape index (κ3) is 5.30. The summed E-state index contributed by atoms with van der Waals surface area (Å²) in [6.45, 7) is 4.04. The third-order valence-corrected chi connectivity index (χ3v) is 5.36. The molecule has 0 atom stereocenters. The monoisotopic (exact) mass is 343 g/mol. The van der Waals surface area contributed by atoms with Gasteiger partial charge in [0.2, 0.25) is 11.8 Å². The van der Waals surface area contributed by atoms with Gasteiger partial charge < -0.3 is 10.6 Å². The second-order valence-electron chi connectivity index (χ2n) is 7.45. The number of carbonyl (C=O) groups is 2. The topological polar surface area (TPSA) is 61.4 Å². The molecule has 5 heteroatoms. The fourth-order valence-corrected chi connectivity index (χ4v) is 3.78. The van der Waals surface area contributed by atoms with Gasteiger partial charge in [-0.1, -0.05) is 30.5 Å². The molecule has 0 bridgehead atoms. The predicted molar refractivity (Wildman–Crippen MR) is 99.4 cm³/mol. The van der Waals surface area contributed by atoms with Gasteiger partial charge in [0, 0.05) is 17.6 Å². The number of benzene rings is 1. The van der Waals surface area contributed by atoms with Crippen molar-refractivity contribution in [2.24, 2.45) is 5.92 Å². The molecule has 1 aliphatic heterocycles. The molecule has 2 N–H and O–H groups in total. The molecular weight excluding hydrogens is 314 g/mol. The Hall–Kier alpha value is -1.88. The minimum Gasteiger partial charge on any atom is -0.353 e. The molecule has 0 aromatic heterocycles. The van der Waals surface area contributed by atoms with Crippen LogP contribution in [0.15, 0.2) is 24.3 Å². The highest BCUT2D eigenvalue weighted by Crippen LogP contribution is 2.21. The van der Waals surface area contributed by atoms with Gasteiger partial charge in [0.1, 0.15) is 0 Å². The molecule has 1 saturated carbocycles. The van der Waals surface area contributed by atoms with Crippen molar-refractivity contribution >= 4 is 17.5 Å². The van der Waals surface area contributed by atoms with Crippen LogP contribution in [0.2, 0.25) is 0 Å². The van der Waals surface area contributed by atoms with Crippen molar-refractivity contribution < 1.29 is 9.59 Å². The molecule has 1 aliphatic carbocycles. The third-order valence-electron chi connectivity index (χ3n) is 5.36. The standard InChI is InChI=1S/C20H29N3O2/c1-15-6-8-18(9-7-15)21-19(24)14-23-12-10-16(11-13-23)20(25)22-17-4-2-3-5-17/h6-9,16-17H,2-5,10-14H2,1H3,(H,21,24)(H,22,25). The van der Waals surface area contributed by atoms with Crippen LogP contribution in [0.3, 0.4) is 0 Å². The molecule has 3 rings (SSSR count). The number of nitrogens with one attached hydrogen (secondary N) is 2. The van der Waals surface area contributed by atoms with E-state index in [2.05, 4.69) is 15.5 Å². The van der Waals surface area contributed by atoms with E-state index in [0.717, 1.165) is 44.5 Å². The average molecular weight is 343 g/mol. The molecule has 2 aliphatic rings. The Kier molecular flexibility index (Phi) is 6.08. The van der Waals surface area contributed by atoms with Crippen LogP contribution in [0.25, 0.3) is 0 Å². The van der Waals surface area contributed by atoms with Crippen LogP contribution in [0, 0.1) is 12.8 Å². The molecule has 1 saturated heterocycles. The van der Waals surface area contributed by atoms with Gasteiger partial charge in [-0.25, -0.2) is 0 Å². The SMILES string of the molecule is Cc1ccc(NC(=O)CN2CCC(C(=O)NC3CCCC3)CC2)cc1. The maximum Gasteiger partial charge on any atom is 0.238 e. The fraction of sp³-hybridized carbons (Fsp3) is 0.600. The van der Waals surface area contributed by atoms with Gasteiger partial charge in [0.15, 0.2) is 0 Å². The van der Waals surface area contributed by atoms with Crippen LogP contribution in [-0.2, 0) is 9.59 Å². The van der Waals surface area contributed by atoms with Crippen molar-refractivity contribution in [3.8, 4) is 0 Å². The lowest BCUT2D eigenvalue weighted by molar-refractivity contribution is -0.127. The van der Waals surface area contributed by atoms with Gasteiger partial charge in [0.25, 0.3) is 0 Å². The van der Waals surface area contributed by atoms with E-state index >= 15 is 0 Å². The lowest BCUT2D eigenvalue weighted by atomic mass is 9.95. The van der Waals surface area contributed by atoms with Crippen LogP contribution in [0.4, 0.5) is 5.69 Å². The van der Waals surface area contributed by atoms with Crippen molar-refractivity contribution in [1.82, 2.24) is 10.2 Å². The van der Waals surface area contributed by atoms with E-state index in [4.69, 9.17) is 0 Å². The first kappa shape index (κ1) is 17.9. The summed E-state index contributed by atoms with van der Waals surface area (Å²) < 4.78 is 0. The fourth-order valence-electron chi connectivity index (χ4n) is 3.78. The molecule has 2 fully saturated rings. The van der Waals surface area contributed by atoms with E-state index in [0.29, 0.717) is 12.6 Å². The minimum atomic E-state index is 0.0118. The quantitative estimate of drug-likeness (QED) is 0.864. The Bertz CT molecular complexity index is 585. The van der Waals surface area contributed by atoms with E-state index in [1.807, 2.05) is 31.2 Å². The number of rotatable bonds is 5. The summed E-state index contributed by atoms with van der Waals surface area (Å²) in [6, 6.07) is 8.22. The van der Waals surface area contributed by atoms with Crippen LogP contribution < -0.4 is 10.6 Å². The zero-order valence-electron chi connectivity index (χ0n) is 15.1. The predicted octanol–water partition coefficient (Wildman–Crippen LogP) is 2.70. The van der Waals surface area contributed by atoms with Crippen molar-refractivity contribution in [3.05, 3.63) is 29.8 Å². The minimum absolute atomic E-state index is 0.0118. The Morgan fingerprint density at radius 3 is 2.32 bits per heavy atom. The highest BCUT2D eigenvalue weighted by atomic mass is 16.2. The number of likely N-dealkylation sites (tertiary alicyclic amines) is 1. The average Bonchev–Trinajstić information content (AvgIpc) is 3.10. The highest BCUT2D eigenvalue weighted by Gasteiger charge is 2.27. The molecule has 136 valence electrons. The van der Waals surface area contributed by atoms with Crippen LogP contribution in [-0.4, -0.2) is 42.4 Å². The molecule has 2 amide bonds. The molecular formula is C20H29N3O2. The van der Waals surface area contributed by atoms with Crippen LogP contribution in [0.1, 0.15) is 44.1 Å². The maximum absolute atomic E-state index is 12.3. The van der Waals surface area contributed by atoms with Gasteiger partial charge in [-0.2, -0.15) is 0 Å². The smallest absolute Gasteiger partial charge is 0.238 e. The molecule has 1 aromatic carbocycles.